The zero-order valence-corrected chi connectivity index (χ0v) is 13.6. The van der Waals surface area contributed by atoms with Gasteiger partial charge in [-0.15, -0.1) is 0 Å². The van der Waals surface area contributed by atoms with Crippen molar-refractivity contribution in [2.75, 3.05) is 13.2 Å². The van der Waals surface area contributed by atoms with Gasteiger partial charge in [0, 0.05) is 42.5 Å². The van der Waals surface area contributed by atoms with Gasteiger partial charge in [0.2, 0.25) is 0 Å². The van der Waals surface area contributed by atoms with Crippen LogP contribution in [0.2, 0.25) is 0 Å². The standard InChI is InChI=1S/C20H21N3O/c1-2-5-16(6-3-1)9-11-23-15-18(14-22-23)19-8-4-7-17-13-21-10-12-24-20(17)19/h1-8,14-15,21H,9-13H2. The minimum absolute atomic E-state index is 0.701. The Kier molecular flexibility index (Phi) is 4.30. The Hall–Kier alpha value is -2.59. The van der Waals surface area contributed by atoms with Crippen LogP contribution in [0.5, 0.6) is 5.75 Å². The van der Waals surface area contributed by atoms with E-state index in [2.05, 4.69) is 59.1 Å². The SMILES string of the molecule is c1ccc(CCn2cc(-c3cccc4c3OCCNC4)cn2)cc1. The maximum atomic E-state index is 5.97. The first-order chi connectivity index (χ1) is 11.9. The molecule has 0 unspecified atom stereocenters. The molecule has 4 nitrogen and oxygen atoms in total. The van der Waals surface area contributed by atoms with Gasteiger partial charge in [0.15, 0.2) is 0 Å². The molecule has 122 valence electrons. The van der Waals surface area contributed by atoms with Gasteiger partial charge in [0.05, 0.1) is 6.20 Å². The summed E-state index contributed by atoms with van der Waals surface area (Å²) >= 11 is 0. The largest absolute Gasteiger partial charge is 0.491 e. The van der Waals surface area contributed by atoms with E-state index in [9.17, 15) is 0 Å². The monoisotopic (exact) mass is 319 g/mol. The second-order valence-corrected chi connectivity index (χ2v) is 6.05. The zero-order chi connectivity index (χ0) is 16.2. The van der Waals surface area contributed by atoms with E-state index in [1.807, 2.05) is 16.9 Å². The van der Waals surface area contributed by atoms with Crippen LogP contribution < -0.4 is 10.1 Å². The average Bonchev–Trinajstić information content (AvgIpc) is 2.97. The third-order valence-electron chi connectivity index (χ3n) is 4.35. The van der Waals surface area contributed by atoms with Gasteiger partial charge in [-0.3, -0.25) is 4.68 Å². The molecule has 0 fully saturated rings. The van der Waals surface area contributed by atoms with Crippen LogP contribution in [0.3, 0.4) is 0 Å². The van der Waals surface area contributed by atoms with Crippen molar-refractivity contribution in [1.29, 1.82) is 0 Å². The summed E-state index contributed by atoms with van der Waals surface area (Å²) in [5.41, 5.74) is 4.78. The molecule has 1 aliphatic heterocycles. The lowest BCUT2D eigenvalue weighted by Gasteiger charge is -2.11. The minimum Gasteiger partial charge on any atom is -0.491 e. The van der Waals surface area contributed by atoms with Gasteiger partial charge < -0.3 is 10.1 Å². The smallest absolute Gasteiger partial charge is 0.131 e. The fourth-order valence-electron chi connectivity index (χ4n) is 3.08. The van der Waals surface area contributed by atoms with Crippen LogP contribution in [0, 0.1) is 0 Å². The molecule has 2 aromatic carbocycles. The first kappa shape index (κ1) is 15.0. The number of aryl methyl sites for hydroxylation is 2. The third kappa shape index (κ3) is 3.19. The predicted molar refractivity (Wildman–Crippen MR) is 95.0 cm³/mol. The van der Waals surface area contributed by atoms with Crippen LogP contribution in [0.4, 0.5) is 0 Å². The molecule has 4 rings (SSSR count). The molecule has 1 N–H and O–H groups in total. The Bertz CT molecular complexity index is 811. The van der Waals surface area contributed by atoms with E-state index in [0.29, 0.717) is 6.61 Å². The zero-order valence-electron chi connectivity index (χ0n) is 13.6. The van der Waals surface area contributed by atoms with Gasteiger partial charge in [-0.2, -0.15) is 5.10 Å². The van der Waals surface area contributed by atoms with Gasteiger partial charge in [-0.05, 0) is 12.0 Å². The summed E-state index contributed by atoms with van der Waals surface area (Å²) in [6.45, 7) is 3.31. The first-order valence-corrected chi connectivity index (χ1v) is 8.42. The molecule has 1 aromatic heterocycles. The molecular formula is C20H21N3O. The number of hydrogen-bond acceptors (Lipinski definition) is 3. The van der Waals surface area contributed by atoms with E-state index in [1.54, 1.807) is 0 Å². The number of hydrogen-bond donors (Lipinski definition) is 1. The van der Waals surface area contributed by atoms with E-state index < -0.39 is 0 Å². The second kappa shape index (κ2) is 6.89. The third-order valence-corrected chi connectivity index (χ3v) is 4.35. The van der Waals surface area contributed by atoms with Crippen molar-refractivity contribution >= 4 is 0 Å². The number of aromatic nitrogens is 2. The van der Waals surface area contributed by atoms with E-state index in [0.717, 1.165) is 42.9 Å². The number of para-hydroxylation sites is 1. The first-order valence-electron chi connectivity index (χ1n) is 8.42. The van der Waals surface area contributed by atoms with Gasteiger partial charge >= 0.3 is 0 Å². The average molecular weight is 319 g/mol. The summed E-state index contributed by atoms with van der Waals surface area (Å²) in [5.74, 6) is 0.991. The number of benzene rings is 2. The highest BCUT2D eigenvalue weighted by molar-refractivity contribution is 5.71. The molecule has 0 saturated heterocycles. The maximum absolute atomic E-state index is 5.97. The molecule has 0 spiro atoms. The highest BCUT2D eigenvalue weighted by Crippen LogP contribution is 2.33. The lowest BCUT2D eigenvalue weighted by atomic mass is 10.0. The summed E-state index contributed by atoms with van der Waals surface area (Å²) in [4.78, 5) is 0. The Morgan fingerprint density at radius 2 is 2.00 bits per heavy atom. The number of ether oxygens (including phenoxy) is 1. The van der Waals surface area contributed by atoms with Crippen LogP contribution in [0.1, 0.15) is 11.1 Å². The highest BCUT2D eigenvalue weighted by atomic mass is 16.5. The molecule has 0 radical (unpaired) electrons. The lowest BCUT2D eigenvalue weighted by molar-refractivity contribution is 0.327. The number of fused-ring (bicyclic) bond motifs is 1. The van der Waals surface area contributed by atoms with E-state index >= 15 is 0 Å². The van der Waals surface area contributed by atoms with Gasteiger partial charge in [-0.25, -0.2) is 0 Å². The minimum atomic E-state index is 0.701. The predicted octanol–water partition coefficient (Wildman–Crippen LogP) is 3.27. The molecule has 0 saturated carbocycles. The molecular weight excluding hydrogens is 298 g/mol. The Morgan fingerprint density at radius 3 is 2.92 bits per heavy atom. The summed E-state index contributed by atoms with van der Waals surface area (Å²) in [6.07, 6.45) is 5.03. The molecule has 0 atom stereocenters. The van der Waals surface area contributed by atoms with Crippen molar-refractivity contribution in [3.8, 4) is 16.9 Å². The summed E-state index contributed by atoms with van der Waals surface area (Å²) in [6, 6.07) is 16.8. The summed E-state index contributed by atoms with van der Waals surface area (Å²) < 4.78 is 7.98. The normalized spacial score (nSPS) is 13.8. The van der Waals surface area contributed by atoms with E-state index in [4.69, 9.17) is 4.74 Å². The van der Waals surface area contributed by atoms with Gasteiger partial charge in [0.25, 0.3) is 0 Å². The van der Waals surface area contributed by atoms with Crippen molar-refractivity contribution in [2.24, 2.45) is 0 Å². The molecule has 2 heterocycles. The van der Waals surface area contributed by atoms with E-state index in [-0.39, 0.29) is 0 Å². The maximum Gasteiger partial charge on any atom is 0.131 e. The fraction of sp³-hybridized carbons (Fsp3) is 0.250. The molecule has 4 heteroatoms. The second-order valence-electron chi connectivity index (χ2n) is 6.05. The summed E-state index contributed by atoms with van der Waals surface area (Å²) in [5, 5.41) is 7.91. The summed E-state index contributed by atoms with van der Waals surface area (Å²) in [7, 11) is 0. The van der Waals surface area contributed by atoms with Crippen molar-refractivity contribution in [2.45, 2.75) is 19.5 Å². The topological polar surface area (TPSA) is 39.1 Å². The molecule has 1 aliphatic rings. The molecule has 24 heavy (non-hydrogen) atoms. The number of nitrogens with zero attached hydrogens (tertiary/aromatic N) is 2. The van der Waals surface area contributed by atoms with Crippen molar-refractivity contribution in [1.82, 2.24) is 15.1 Å². The van der Waals surface area contributed by atoms with Crippen LogP contribution in [-0.2, 0) is 19.5 Å². The highest BCUT2D eigenvalue weighted by Gasteiger charge is 2.15. The van der Waals surface area contributed by atoms with Crippen molar-refractivity contribution in [3.63, 3.8) is 0 Å². The molecule has 3 aromatic rings. The van der Waals surface area contributed by atoms with Gasteiger partial charge in [-0.1, -0.05) is 48.5 Å². The quantitative estimate of drug-likeness (QED) is 0.802. The number of nitrogens with one attached hydrogen (secondary N) is 1. The number of rotatable bonds is 4. The molecule has 0 bridgehead atoms. The van der Waals surface area contributed by atoms with Crippen molar-refractivity contribution < 1.29 is 4.74 Å². The van der Waals surface area contributed by atoms with E-state index in [1.165, 1.54) is 11.1 Å². The lowest BCUT2D eigenvalue weighted by Crippen LogP contribution is -2.16. The van der Waals surface area contributed by atoms with Gasteiger partial charge in [0.1, 0.15) is 12.4 Å². The molecule has 0 aliphatic carbocycles. The van der Waals surface area contributed by atoms with Crippen LogP contribution >= 0.6 is 0 Å². The van der Waals surface area contributed by atoms with Crippen LogP contribution in [0.25, 0.3) is 11.1 Å². The fourth-order valence-corrected chi connectivity index (χ4v) is 3.08. The Balaban J connectivity index is 1.55. The Morgan fingerprint density at radius 1 is 1.08 bits per heavy atom. The van der Waals surface area contributed by atoms with Crippen LogP contribution in [-0.4, -0.2) is 22.9 Å². The molecule has 0 amide bonds. The Labute approximate surface area is 142 Å². The van der Waals surface area contributed by atoms with Crippen molar-refractivity contribution in [3.05, 3.63) is 72.1 Å². The van der Waals surface area contributed by atoms with Crippen LogP contribution in [0.15, 0.2) is 60.9 Å².